The lowest BCUT2D eigenvalue weighted by molar-refractivity contribution is -0.128. The van der Waals surface area contributed by atoms with E-state index in [0.29, 0.717) is 11.4 Å². The maximum atomic E-state index is 14.3. The molecule has 2 unspecified atom stereocenters. The van der Waals surface area contributed by atoms with Gasteiger partial charge in [0, 0.05) is 17.6 Å². The highest BCUT2D eigenvalue weighted by molar-refractivity contribution is 6.50. The van der Waals surface area contributed by atoms with Crippen LogP contribution in [0.25, 0.3) is 0 Å². The van der Waals surface area contributed by atoms with Gasteiger partial charge in [-0.2, -0.15) is 10.2 Å². The van der Waals surface area contributed by atoms with Crippen LogP contribution in [0.5, 0.6) is 0 Å². The molecule has 0 bridgehead atoms. The molecule has 204 valence electrons. The number of benzene rings is 2. The molecule has 2 aromatic carbocycles. The minimum atomic E-state index is -1.87. The van der Waals surface area contributed by atoms with Crippen molar-refractivity contribution in [2.75, 3.05) is 9.80 Å². The van der Waals surface area contributed by atoms with E-state index in [4.69, 9.17) is 23.2 Å². The molecule has 39 heavy (non-hydrogen) atoms. The summed E-state index contributed by atoms with van der Waals surface area (Å²) in [5.41, 5.74) is 3.91. The van der Waals surface area contributed by atoms with Crippen LogP contribution < -0.4 is 9.80 Å². The Labute approximate surface area is 238 Å². The number of anilines is 2. The van der Waals surface area contributed by atoms with E-state index >= 15 is 0 Å². The van der Waals surface area contributed by atoms with E-state index < -0.39 is 21.6 Å². The van der Waals surface area contributed by atoms with E-state index in [1.807, 2.05) is 75.5 Å². The number of aromatic nitrogens is 5. The van der Waals surface area contributed by atoms with Gasteiger partial charge < -0.3 is 0 Å². The Bertz CT molecular complexity index is 1460. The van der Waals surface area contributed by atoms with Crippen molar-refractivity contribution >= 4 is 46.4 Å². The molecule has 0 spiro atoms. The third-order valence-corrected chi connectivity index (χ3v) is 7.97. The molecule has 9 nitrogen and oxygen atoms in total. The highest BCUT2D eigenvalue weighted by atomic mass is 35.5. The molecule has 0 fully saturated rings. The van der Waals surface area contributed by atoms with E-state index in [-0.39, 0.29) is 13.3 Å². The molecule has 4 rings (SSSR count). The van der Waals surface area contributed by atoms with Crippen LogP contribution in [-0.4, -0.2) is 46.1 Å². The second-order valence-corrected chi connectivity index (χ2v) is 11.3. The smallest absolute Gasteiger partial charge is 0.251 e. The molecule has 0 saturated carbocycles. The molecular weight excluding hydrogens is 537 g/mol. The van der Waals surface area contributed by atoms with Crippen LogP contribution in [0.15, 0.2) is 73.6 Å². The van der Waals surface area contributed by atoms with Gasteiger partial charge in [0.05, 0.1) is 6.20 Å². The average molecular weight is 569 g/mol. The van der Waals surface area contributed by atoms with Crippen molar-refractivity contribution in [2.45, 2.75) is 57.7 Å². The molecule has 0 aliphatic heterocycles. The van der Waals surface area contributed by atoms with E-state index in [9.17, 15) is 9.59 Å². The maximum absolute atomic E-state index is 14.3. The number of hydrogen-bond donors (Lipinski definition) is 0. The van der Waals surface area contributed by atoms with Gasteiger partial charge in [0.2, 0.25) is 0 Å². The summed E-state index contributed by atoms with van der Waals surface area (Å²) >= 11 is 14.1. The Morgan fingerprint density at radius 2 is 1.28 bits per heavy atom. The van der Waals surface area contributed by atoms with Gasteiger partial charge in [-0.25, -0.2) is 9.67 Å². The van der Waals surface area contributed by atoms with Crippen molar-refractivity contribution in [1.82, 2.24) is 24.5 Å². The number of aryl methyl sites for hydroxylation is 3. The monoisotopic (exact) mass is 567 g/mol. The molecule has 0 saturated heterocycles. The molecular formula is C28H31Cl2N7O2. The number of carbonyl (C=O) groups is 2. The Kier molecular flexibility index (Phi) is 8.13. The summed E-state index contributed by atoms with van der Waals surface area (Å²) in [6.07, 6.45) is 6.42. The van der Waals surface area contributed by atoms with E-state index in [0.717, 1.165) is 16.7 Å². The van der Waals surface area contributed by atoms with Crippen LogP contribution >= 0.6 is 23.2 Å². The number of nitrogens with zero attached hydrogens (tertiary/aromatic N) is 7. The highest BCUT2D eigenvalue weighted by Gasteiger charge is 2.56. The Morgan fingerprint density at radius 3 is 1.69 bits per heavy atom. The molecule has 0 aliphatic rings. The molecule has 0 N–H and O–H groups in total. The highest BCUT2D eigenvalue weighted by Crippen LogP contribution is 2.41. The molecule has 0 aliphatic carbocycles. The topological polar surface area (TPSA) is 89.2 Å². The number of alkyl halides is 2. The van der Waals surface area contributed by atoms with Crippen LogP contribution in [0, 0.1) is 20.8 Å². The fraction of sp³-hybridized carbons (Fsp3) is 0.321. The summed E-state index contributed by atoms with van der Waals surface area (Å²) in [5, 5.41) is 8.50. The molecule has 4 aromatic rings. The van der Waals surface area contributed by atoms with Crippen LogP contribution in [-0.2, 0) is 22.9 Å². The average Bonchev–Trinajstić information content (AvgIpc) is 3.57. The summed E-state index contributed by atoms with van der Waals surface area (Å²) in [6.45, 7) is 8.77. The van der Waals surface area contributed by atoms with E-state index in [1.165, 1.54) is 41.0 Å². The van der Waals surface area contributed by atoms with Gasteiger partial charge >= 0.3 is 0 Å². The largest absolute Gasteiger partial charge is 0.290 e. The lowest BCUT2D eigenvalue weighted by atomic mass is 9.90. The lowest BCUT2D eigenvalue weighted by Crippen LogP contribution is -2.61. The number of para-hydroxylation sites is 2. The zero-order valence-corrected chi connectivity index (χ0v) is 24.1. The first-order valence-electron chi connectivity index (χ1n) is 12.4. The van der Waals surface area contributed by atoms with Crippen molar-refractivity contribution in [2.24, 2.45) is 0 Å². The zero-order chi connectivity index (χ0) is 28.4. The van der Waals surface area contributed by atoms with Gasteiger partial charge in [0.1, 0.15) is 35.7 Å². The molecule has 2 amide bonds. The predicted molar refractivity (Wildman–Crippen MR) is 153 cm³/mol. The summed E-state index contributed by atoms with van der Waals surface area (Å²) in [7, 11) is 0. The molecule has 2 heterocycles. The minimum absolute atomic E-state index is 0.0290. The number of hydrogen-bond acceptors (Lipinski definition) is 5. The van der Waals surface area contributed by atoms with Gasteiger partial charge in [0.15, 0.2) is 0 Å². The van der Waals surface area contributed by atoms with Gasteiger partial charge in [-0.1, -0.05) is 36.4 Å². The zero-order valence-electron chi connectivity index (χ0n) is 22.5. The van der Waals surface area contributed by atoms with Crippen molar-refractivity contribution in [3.63, 3.8) is 0 Å². The molecule has 11 heteroatoms. The van der Waals surface area contributed by atoms with Crippen molar-refractivity contribution in [1.29, 1.82) is 0 Å². The Hall–Kier alpha value is -3.69. The second kappa shape index (κ2) is 11.2. The first kappa shape index (κ1) is 28.3. The first-order valence-corrected chi connectivity index (χ1v) is 13.1. The van der Waals surface area contributed by atoms with Crippen LogP contribution in [0.2, 0.25) is 0 Å². The summed E-state index contributed by atoms with van der Waals surface area (Å²) < 4.78 is 3.15. The van der Waals surface area contributed by atoms with Crippen LogP contribution in [0.1, 0.15) is 30.5 Å². The normalized spacial score (nSPS) is 14.3. The molecule has 0 radical (unpaired) electrons. The number of amides is 2. The lowest BCUT2D eigenvalue weighted by Gasteiger charge is -2.41. The van der Waals surface area contributed by atoms with E-state index in [1.54, 1.807) is 10.9 Å². The van der Waals surface area contributed by atoms with Crippen molar-refractivity contribution in [3.8, 4) is 0 Å². The third-order valence-electron chi connectivity index (χ3n) is 6.79. The van der Waals surface area contributed by atoms with Gasteiger partial charge in [0.25, 0.3) is 11.8 Å². The maximum Gasteiger partial charge on any atom is 0.251 e. The number of carbonyl (C=O) groups excluding carboxylic acids is 2. The first-order chi connectivity index (χ1) is 18.4. The van der Waals surface area contributed by atoms with Crippen LogP contribution in [0.3, 0.4) is 0 Å². The molecule has 2 aromatic heterocycles. The predicted octanol–water partition coefficient (Wildman–Crippen LogP) is 5.08. The summed E-state index contributed by atoms with van der Waals surface area (Å²) in [6, 6.07) is 14.9. The van der Waals surface area contributed by atoms with Gasteiger partial charge in [-0.05, 0) is 63.4 Å². The number of halogens is 2. The van der Waals surface area contributed by atoms with Crippen molar-refractivity contribution < 1.29 is 9.59 Å². The van der Waals surface area contributed by atoms with Gasteiger partial charge in [-0.15, -0.1) is 23.2 Å². The Morgan fingerprint density at radius 1 is 0.795 bits per heavy atom. The quantitative estimate of drug-likeness (QED) is 0.263. The van der Waals surface area contributed by atoms with Crippen molar-refractivity contribution in [3.05, 3.63) is 90.3 Å². The summed E-state index contributed by atoms with van der Waals surface area (Å²) in [4.78, 5) is 31.8. The fourth-order valence-corrected chi connectivity index (χ4v) is 4.65. The minimum Gasteiger partial charge on any atom is -0.290 e. The number of rotatable bonds is 9. The summed E-state index contributed by atoms with van der Waals surface area (Å²) in [5.74, 6) is -1.09. The fourth-order valence-electron chi connectivity index (χ4n) is 4.28. The van der Waals surface area contributed by atoms with Gasteiger partial charge in [-0.3, -0.25) is 24.1 Å². The molecule has 2 atom stereocenters. The second-order valence-electron chi connectivity index (χ2n) is 9.82. The van der Waals surface area contributed by atoms with Crippen LogP contribution in [0.4, 0.5) is 11.4 Å². The third kappa shape index (κ3) is 5.69. The Balaban J connectivity index is 1.74. The standard InChI is InChI=1S/C28H31Cl2N7O2/c1-20-14-32-34(15-20)18-36(23-12-8-6-10-21(23)2)25(38)27(4,29)28(5,30)26(39)37(19-35-17-31-16-33-35)24-13-9-7-11-22(24)3/h6-17H,18-19H2,1-5H3. The SMILES string of the molecule is Cc1cnn(CN(C(=O)C(C)(Cl)C(C)(Cl)C(=O)N(Cn2cncn2)c2ccccc2C)c2ccccc2C)c1. The van der Waals surface area contributed by atoms with E-state index in [2.05, 4.69) is 15.2 Å².